The van der Waals surface area contributed by atoms with Crippen molar-refractivity contribution in [1.82, 2.24) is 20.0 Å². The summed E-state index contributed by atoms with van der Waals surface area (Å²) in [5.41, 5.74) is 4.31. The van der Waals surface area contributed by atoms with Crippen molar-refractivity contribution in [3.05, 3.63) is 52.8 Å². The fraction of sp³-hybridized carbons (Fsp3) is 0.474. The predicted molar refractivity (Wildman–Crippen MR) is 96.4 cm³/mol. The monoisotopic (exact) mass is 342 g/mol. The van der Waals surface area contributed by atoms with E-state index in [4.69, 9.17) is 0 Å². The summed E-state index contributed by atoms with van der Waals surface area (Å²) in [5, 5.41) is 17.3. The van der Waals surface area contributed by atoms with Crippen LogP contribution in [0.2, 0.25) is 0 Å². The van der Waals surface area contributed by atoms with Gasteiger partial charge in [-0.3, -0.25) is 4.68 Å². The van der Waals surface area contributed by atoms with Gasteiger partial charge in [-0.2, -0.15) is 5.10 Å². The molecule has 3 rings (SSSR count). The number of aromatic nitrogens is 2. The minimum Gasteiger partial charge on any atom is -0.394 e. The van der Waals surface area contributed by atoms with Crippen molar-refractivity contribution in [2.75, 3.05) is 13.2 Å². The summed E-state index contributed by atoms with van der Waals surface area (Å²) < 4.78 is 1.91. The van der Waals surface area contributed by atoms with Crippen LogP contribution in [0.25, 0.3) is 0 Å². The van der Waals surface area contributed by atoms with Crippen molar-refractivity contribution < 1.29 is 9.90 Å². The second-order valence-corrected chi connectivity index (χ2v) is 6.80. The molecule has 0 fully saturated rings. The summed E-state index contributed by atoms with van der Waals surface area (Å²) in [6.07, 6.45) is 0.811. The number of urea groups is 1. The second-order valence-electron chi connectivity index (χ2n) is 6.80. The third-order valence-corrected chi connectivity index (χ3v) is 4.77. The van der Waals surface area contributed by atoms with Gasteiger partial charge in [0.15, 0.2) is 0 Å². The fourth-order valence-electron chi connectivity index (χ4n) is 3.55. The molecule has 0 bridgehead atoms. The minimum atomic E-state index is -0.286. The van der Waals surface area contributed by atoms with Crippen molar-refractivity contribution in [2.45, 2.75) is 45.8 Å². The number of aliphatic hydroxyl groups is 1. The Kier molecular flexibility index (Phi) is 5.08. The summed E-state index contributed by atoms with van der Waals surface area (Å²) in [7, 11) is 0. The van der Waals surface area contributed by atoms with Crippen LogP contribution in [0.5, 0.6) is 0 Å². The molecule has 134 valence electrons. The molecule has 25 heavy (non-hydrogen) atoms. The maximum absolute atomic E-state index is 12.7. The number of carbonyl (C=O) groups is 1. The number of fused-ring (bicyclic) bond motifs is 1. The van der Waals surface area contributed by atoms with E-state index in [1.165, 1.54) is 5.56 Å². The van der Waals surface area contributed by atoms with E-state index in [0.29, 0.717) is 13.1 Å². The highest BCUT2D eigenvalue weighted by atomic mass is 16.3. The molecule has 0 spiro atoms. The van der Waals surface area contributed by atoms with E-state index >= 15 is 0 Å². The Balaban J connectivity index is 1.67. The zero-order valence-electron chi connectivity index (χ0n) is 15.1. The Morgan fingerprint density at radius 2 is 2.16 bits per heavy atom. The average molecular weight is 342 g/mol. The molecule has 6 nitrogen and oxygen atoms in total. The largest absolute Gasteiger partial charge is 0.394 e. The van der Waals surface area contributed by atoms with Gasteiger partial charge >= 0.3 is 6.03 Å². The fourth-order valence-corrected chi connectivity index (χ4v) is 3.55. The molecule has 2 heterocycles. The van der Waals surface area contributed by atoms with Crippen LogP contribution in [0.15, 0.2) is 30.3 Å². The van der Waals surface area contributed by atoms with Gasteiger partial charge in [0, 0.05) is 18.3 Å². The van der Waals surface area contributed by atoms with Crippen LogP contribution in [0.4, 0.5) is 4.79 Å². The molecule has 1 aliphatic heterocycles. The van der Waals surface area contributed by atoms with Crippen molar-refractivity contribution in [2.24, 2.45) is 0 Å². The molecule has 0 radical (unpaired) electrons. The van der Waals surface area contributed by atoms with E-state index in [9.17, 15) is 9.90 Å². The lowest BCUT2D eigenvalue weighted by molar-refractivity contribution is 0.124. The highest BCUT2D eigenvalue weighted by Crippen LogP contribution is 2.29. The molecule has 2 atom stereocenters. The van der Waals surface area contributed by atoms with Crippen molar-refractivity contribution in [1.29, 1.82) is 0 Å². The van der Waals surface area contributed by atoms with Gasteiger partial charge in [-0.15, -0.1) is 0 Å². The number of rotatable bonds is 4. The first kappa shape index (κ1) is 17.5. The van der Waals surface area contributed by atoms with E-state index in [1.54, 1.807) is 4.90 Å². The maximum Gasteiger partial charge on any atom is 0.318 e. The topological polar surface area (TPSA) is 70.4 Å². The van der Waals surface area contributed by atoms with Gasteiger partial charge in [-0.25, -0.2) is 4.79 Å². The predicted octanol–water partition coefficient (Wildman–Crippen LogP) is 2.19. The van der Waals surface area contributed by atoms with Gasteiger partial charge in [0.1, 0.15) is 0 Å². The van der Waals surface area contributed by atoms with Gasteiger partial charge < -0.3 is 15.3 Å². The molecule has 0 saturated heterocycles. The number of nitrogens with zero attached hydrogens (tertiary/aromatic N) is 3. The Hall–Kier alpha value is -2.34. The van der Waals surface area contributed by atoms with Crippen LogP contribution in [0, 0.1) is 13.8 Å². The second kappa shape index (κ2) is 7.27. The van der Waals surface area contributed by atoms with E-state index in [2.05, 4.69) is 16.5 Å². The SMILES string of the molecule is Cc1cc(C)n(C[C@H](C)NC(=O)N2CCc3ccccc3[C@H]2CO)n1. The lowest BCUT2D eigenvalue weighted by atomic mass is 9.93. The molecule has 2 amide bonds. The Bertz CT molecular complexity index is 756. The van der Waals surface area contributed by atoms with Crippen molar-refractivity contribution >= 4 is 6.03 Å². The lowest BCUT2D eigenvalue weighted by Crippen LogP contribution is -2.49. The van der Waals surface area contributed by atoms with Gasteiger partial charge in [-0.05, 0) is 44.4 Å². The van der Waals surface area contributed by atoms with E-state index in [0.717, 1.165) is 23.4 Å². The number of amides is 2. The third-order valence-electron chi connectivity index (χ3n) is 4.77. The zero-order valence-corrected chi connectivity index (χ0v) is 15.1. The van der Waals surface area contributed by atoms with Gasteiger partial charge in [0.25, 0.3) is 0 Å². The first-order chi connectivity index (χ1) is 12.0. The van der Waals surface area contributed by atoms with Crippen LogP contribution in [0.1, 0.15) is 35.5 Å². The zero-order chi connectivity index (χ0) is 18.0. The summed E-state index contributed by atoms with van der Waals surface area (Å²) >= 11 is 0. The molecule has 2 aromatic rings. The number of hydrogen-bond donors (Lipinski definition) is 2. The molecular weight excluding hydrogens is 316 g/mol. The Morgan fingerprint density at radius 1 is 1.40 bits per heavy atom. The van der Waals surface area contributed by atoms with E-state index < -0.39 is 0 Å². The number of benzene rings is 1. The third kappa shape index (κ3) is 3.69. The Labute approximate surface area is 148 Å². The highest BCUT2D eigenvalue weighted by molar-refractivity contribution is 5.75. The summed E-state index contributed by atoms with van der Waals surface area (Å²) in [4.78, 5) is 14.5. The summed E-state index contributed by atoms with van der Waals surface area (Å²) in [6.45, 7) is 7.11. The lowest BCUT2D eigenvalue weighted by Gasteiger charge is -2.37. The summed E-state index contributed by atoms with van der Waals surface area (Å²) in [6, 6.07) is 9.56. The van der Waals surface area contributed by atoms with Crippen LogP contribution in [0.3, 0.4) is 0 Å². The quantitative estimate of drug-likeness (QED) is 0.895. The van der Waals surface area contributed by atoms with Gasteiger partial charge in [0.05, 0.1) is 24.9 Å². The Morgan fingerprint density at radius 3 is 2.84 bits per heavy atom. The number of hydrogen-bond acceptors (Lipinski definition) is 3. The van der Waals surface area contributed by atoms with Crippen LogP contribution in [-0.2, 0) is 13.0 Å². The maximum atomic E-state index is 12.7. The number of nitrogens with one attached hydrogen (secondary N) is 1. The van der Waals surface area contributed by atoms with Crippen LogP contribution in [-0.4, -0.2) is 45.0 Å². The van der Waals surface area contributed by atoms with Crippen molar-refractivity contribution in [3.63, 3.8) is 0 Å². The highest BCUT2D eigenvalue weighted by Gasteiger charge is 2.30. The molecule has 0 saturated carbocycles. The van der Waals surface area contributed by atoms with Gasteiger partial charge in [0.2, 0.25) is 0 Å². The molecule has 1 aliphatic rings. The molecule has 6 heteroatoms. The minimum absolute atomic E-state index is 0.0537. The first-order valence-corrected chi connectivity index (χ1v) is 8.76. The van der Waals surface area contributed by atoms with Crippen molar-refractivity contribution in [3.8, 4) is 0 Å². The molecule has 2 N–H and O–H groups in total. The standard InChI is InChI=1S/C19H26N4O2/c1-13-10-15(3)23(21-13)11-14(2)20-19(25)22-9-8-16-6-4-5-7-17(16)18(22)12-24/h4-7,10,14,18,24H,8-9,11-12H2,1-3H3,(H,20,25)/t14-,18+/m0/s1. The first-order valence-electron chi connectivity index (χ1n) is 8.76. The number of carbonyl (C=O) groups excluding carboxylic acids is 1. The van der Waals surface area contributed by atoms with Crippen LogP contribution >= 0.6 is 0 Å². The normalized spacial score (nSPS) is 17.9. The average Bonchev–Trinajstić information content (AvgIpc) is 2.90. The molecular formula is C19H26N4O2. The van der Waals surface area contributed by atoms with E-state index in [-0.39, 0.29) is 24.7 Å². The summed E-state index contributed by atoms with van der Waals surface area (Å²) in [5.74, 6) is 0. The van der Waals surface area contributed by atoms with Gasteiger partial charge in [-0.1, -0.05) is 24.3 Å². The molecule has 1 aromatic heterocycles. The number of aliphatic hydroxyl groups excluding tert-OH is 1. The molecule has 0 aliphatic carbocycles. The molecule has 1 aromatic carbocycles. The molecule has 0 unspecified atom stereocenters. The van der Waals surface area contributed by atoms with E-state index in [1.807, 2.05) is 49.7 Å². The smallest absolute Gasteiger partial charge is 0.318 e. The number of aryl methyl sites for hydroxylation is 2. The van der Waals surface area contributed by atoms with Crippen LogP contribution < -0.4 is 5.32 Å².